The lowest BCUT2D eigenvalue weighted by atomic mass is 9.99. The van der Waals surface area contributed by atoms with Gasteiger partial charge in [-0.1, -0.05) is 11.6 Å². The van der Waals surface area contributed by atoms with Crippen LogP contribution in [0.25, 0.3) is 33.1 Å². The van der Waals surface area contributed by atoms with Gasteiger partial charge in [-0.05, 0) is 43.4 Å². The first-order chi connectivity index (χ1) is 15.4. The minimum absolute atomic E-state index is 0.0501. The van der Waals surface area contributed by atoms with Crippen molar-refractivity contribution in [2.24, 2.45) is 0 Å². The Morgan fingerprint density at radius 1 is 0.969 bits per heavy atom. The molecular weight excluding hydrogens is 432 g/mol. The van der Waals surface area contributed by atoms with Crippen LogP contribution in [0.15, 0.2) is 60.9 Å². The van der Waals surface area contributed by atoms with Crippen LogP contribution < -0.4 is 11.3 Å². The van der Waals surface area contributed by atoms with Crippen LogP contribution in [0, 0.1) is 0 Å². The molecule has 8 heteroatoms. The Balaban J connectivity index is 1.68. The molecule has 0 bridgehead atoms. The molecule has 1 fully saturated rings. The molecule has 1 aliphatic rings. The number of hydrogen-bond donors (Lipinski definition) is 1. The van der Waals surface area contributed by atoms with Crippen LogP contribution in [0.5, 0.6) is 5.75 Å². The summed E-state index contributed by atoms with van der Waals surface area (Å²) in [4.78, 5) is 29.7. The summed E-state index contributed by atoms with van der Waals surface area (Å²) in [5, 5.41) is 12.3. The number of likely N-dealkylation sites (N-methyl/N-ethyl adjacent to an activating group) is 1. The van der Waals surface area contributed by atoms with E-state index in [1.54, 1.807) is 36.4 Å². The summed E-state index contributed by atoms with van der Waals surface area (Å²) < 4.78 is 11.0. The lowest BCUT2D eigenvalue weighted by Gasteiger charge is -2.32. The standard InChI is InChI=1S/C24H21ClN2O5/c1-26-6-8-27(9-7-26)13-19-20(28)4-3-16-17(12-22(29)32-23(16)19)18-11-14-10-15(25)2-5-21(14)31-24(18)30/h2-5,10-12,28H,6-9,13H2,1H3. The number of aromatic hydroxyl groups is 1. The summed E-state index contributed by atoms with van der Waals surface area (Å²) in [7, 11) is 2.07. The molecule has 0 atom stereocenters. The van der Waals surface area contributed by atoms with Gasteiger partial charge in [-0.2, -0.15) is 0 Å². The predicted molar refractivity (Wildman–Crippen MR) is 123 cm³/mol. The number of nitrogens with zero attached hydrogens (tertiary/aromatic N) is 2. The van der Waals surface area contributed by atoms with Gasteiger partial charge in [-0.25, -0.2) is 9.59 Å². The Kier molecular flexibility index (Phi) is 5.25. The molecule has 2 aromatic heterocycles. The number of phenolic OH excluding ortho intramolecular Hbond substituents is 1. The van der Waals surface area contributed by atoms with E-state index in [0.29, 0.717) is 39.0 Å². The summed E-state index contributed by atoms with van der Waals surface area (Å²) in [6.45, 7) is 3.95. The van der Waals surface area contributed by atoms with Gasteiger partial charge in [0, 0.05) is 60.1 Å². The third kappa shape index (κ3) is 3.79. The molecule has 3 heterocycles. The highest BCUT2D eigenvalue weighted by molar-refractivity contribution is 6.31. The van der Waals surface area contributed by atoms with E-state index in [-0.39, 0.29) is 16.9 Å². The van der Waals surface area contributed by atoms with E-state index in [2.05, 4.69) is 16.8 Å². The molecular formula is C24H21ClN2O5. The average Bonchev–Trinajstić information content (AvgIpc) is 2.76. The zero-order chi connectivity index (χ0) is 22.4. The molecule has 0 radical (unpaired) electrons. The van der Waals surface area contributed by atoms with E-state index in [0.717, 1.165) is 26.2 Å². The molecule has 0 amide bonds. The zero-order valence-corrected chi connectivity index (χ0v) is 18.2. The maximum Gasteiger partial charge on any atom is 0.344 e. The average molecular weight is 453 g/mol. The second-order valence-corrected chi connectivity index (χ2v) is 8.56. The largest absolute Gasteiger partial charge is 0.507 e. The first-order valence-electron chi connectivity index (χ1n) is 10.3. The summed E-state index contributed by atoms with van der Waals surface area (Å²) in [6, 6.07) is 11.1. The van der Waals surface area contributed by atoms with Gasteiger partial charge in [0.15, 0.2) is 0 Å². The summed E-state index contributed by atoms with van der Waals surface area (Å²) >= 11 is 6.10. The first kappa shape index (κ1) is 20.8. The minimum atomic E-state index is -0.608. The molecule has 0 aliphatic carbocycles. The first-order valence-corrected chi connectivity index (χ1v) is 10.7. The Bertz CT molecular complexity index is 1450. The Morgan fingerprint density at radius 3 is 2.53 bits per heavy atom. The molecule has 7 nitrogen and oxygen atoms in total. The molecule has 0 saturated carbocycles. The van der Waals surface area contributed by atoms with Crippen LogP contribution in [0.3, 0.4) is 0 Å². The topological polar surface area (TPSA) is 87.1 Å². The van der Waals surface area contributed by atoms with Crippen molar-refractivity contribution in [3.05, 3.63) is 73.9 Å². The number of hydrogen-bond acceptors (Lipinski definition) is 7. The quantitative estimate of drug-likeness (QED) is 0.474. The van der Waals surface area contributed by atoms with Gasteiger partial charge in [0.2, 0.25) is 0 Å². The Labute approximate surface area is 188 Å². The van der Waals surface area contributed by atoms with Crippen molar-refractivity contribution in [2.45, 2.75) is 6.54 Å². The Hall–Kier alpha value is -3.13. The van der Waals surface area contributed by atoms with Crippen molar-refractivity contribution >= 4 is 33.5 Å². The maximum absolute atomic E-state index is 12.8. The van der Waals surface area contributed by atoms with Gasteiger partial charge in [-0.15, -0.1) is 0 Å². The highest BCUT2D eigenvalue weighted by atomic mass is 35.5. The normalized spacial score (nSPS) is 15.6. The van der Waals surface area contributed by atoms with Gasteiger partial charge in [0.25, 0.3) is 0 Å². The number of halogens is 1. The molecule has 32 heavy (non-hydrogen) atoms. The van der Waals surface area contributed by atoms with Crippen molar-refractivity contribution in [3.8, 4) is 16.9 Å². The monoisotopic (exact) mass is 452 g/mol. The Morgan fingerprint density at radius 2 is 1.75 bits per heavy atom. The van der Waals surface area contributed by atoms with Crippen LogP contribution in [0.2, 0.25) is 5.02 Å². The molecule has 164 valence electrons. The van der Waals surface area contributed by atoms with E-state index in [9.17, 15) is 14.7 Å². The van der Waals surface area contributed by atoms with Crippen LogP contribution in [0.4, 0.5) is 0 Å². The number of piperazine rings is 1. The van der Waals surface area contributed by atoms with Crippen molar-refractivity contribution in [2.75, 3.05) is 33.2 Å². The second-order valence-electron chi connectivity index (χ2n) is 8.13. The van der Waals surface area contributed by atoms with Crippen molar-refractivity contribution in [1.29, 1.82) is 0 Å². The lowest BCUT2D eigenvalue weighted by Crippen LogP contribution is -2.43. The molecule has 1 N–H and O–H groups in total. The van der Waals surface area contributed by atoms with Crippen LogP contribution in [-0.2, 0) is 6.54 Å². The van der Waals surface area contributed by atoms with Crippen molar-refractivity contribution in [1.82, 2.24) is 9.80 Å². The van der Waals surface area contributed by atoms with Crippen molar-refractivity contribution < 1.29 is 13.9 Å². The molecule has 4 aromatic rings. The molecule has 0 unspecified atom stereocenters. The minimum Gasteiger partial charge on any atom is -0.507 e. The zero-order valence-electron chi connectivity index (χ0n) is 17.4. The van der Waals surface area contributed by atoms with E-state index >= 15 is 0 Å². The van der Waals surface area contributed by atoms with Gasteiger partial charge >= 0.3 is 11.3 Å². The van der Waals surface area contributed by atoms with Crippen LogP contribution in [0.1, 0.15) is 5.56 Å². The highest BCUT2D eigenvalue weighted by Crippen LogP contribution is 2.34. The second kappa shape index (κ2) is 8.09. The fourth-order valence-electron chi connectivity index (χ4n) is 4.16. The fraction of sp³-hybridized carbons (Fsp3) is 0.250. The van der Waals surface area contributed by atoms with E-state index in [1.807, 2.05) is 0 Å². The molecule has 5 rings (SSSR count). The summed E-state index contributed by atoms with van der Waals surface area (Å²) in [5.74, 6) is 0.0501. The summed E-state index contributed by atoms with van der Waals surface area (Å²) in [6.07, 6.45) is 0. The van der Waals surface area contributed by atoms with E-state index < -0.39 is 11.3 Å². The third-order valence-corrected chi connectivity index (χ3v) is 6.19. The van der Waals surface area contributed by atoms with Crippen LogP contribution in [-0.4, -0.2) is 48.1 Å². The van der Waals surface area contributed by atoms with Gasteiger partial charge in [0.05, 0.1) is 11.1 Å². The molecule has 2 aromatic carbocycles. The summed E-state index contributed by atoms with van der Waals surface area (Å²) in [5.41, 5.74) is 0.657. The molecule has 1 saturated heterocycles. The highest BCUT2D eigenvalue weighted by Gasteiger charge is 2.21. The number of benzene rings is 2. The smallest absolute Gasteiger partial charge is 0.344 e. The number of fused-ring (bicyclic) bond motifs is 2. The number of rotatable bonds is 3. The van der Waals surface area contributed by atoms with Crippen molar-refractivity contribution in [3.63, 3.8) is 0 Å². The fourth-order valence-corrected chi connectivity index (χ4v) is 4.34. The number of phenols is 1. The maximum atomic E-state index is 12.8. The third-order valence-electron chi connectivity index (χ3n) is 5.95. The van der Waals surface area contributed by atoms with Gasteiger partial charge in [-0.3, -0.25) is 4.90 Å². The van der Waals surface area contributed by atoms with Gasteiger partial charge < -0.3 is 18.8 Å². The lowest BCUT2D eigenvalue weighted by molar-refractivity contribution is 0.147. The molecule has 0 spiro atoms. The van der Waals surface area contributed by atoms with E-state index in [1.165, 1.54) is 6.07 Å². The SMILES string of the molecule is CN1CCN(Cc2c(O)ccc3c(-c4cc5cc(Cl)ccc5oc4=O)cc(=O)oc23)CC1. The van der Waals surface area contributed by atoms with Crippen LogP contribution >= 0.6 is 11.6 Å². The predicted octanol–water partition coefficient (Wildman–Crippen LogP) is 3.67. The van der Waals surface area contributed by atoms with E-state index in [4.69, 9.17) is 20.4 Å². The molecule has 1 aliphatic heterocycles. The van der Waals surface area contributed by atoms with Gasteiger partial charge in [0.1, 0.15) is 16.9 Å².